The van der Waals surface area contributed by atoms with E-state index in [1.807, 2.05) is 5.38 Å². The molecule has 1 fully saturated rings. The molecule has 1 aliphatic carbocycles. The molecule has 0 saturated heterocycles. The van der Waals surface area contributed by atoms with Crippen molar-refractivity contribution in [3.05, 3.63) is 16.6 Å². The number of hydrogen-bond acceptors (Lipinski definition) is 4. The van der Waals surface area contributed by atoms with Gasteiger partial charge in [0.15, 0.2) is 0 Å². The average Bonchev–Trinajstić information content (AvgIpc) is 2.82. The van der Waals surface area contributed by atoms with Crippen molar-refractivity contribution in [2.45, 2.75) is 44.7 Å². The van der Waals surface area contributed by atoms with Crippen molar-refractivity contribution in [2.24, 2.45) is 11.7 Å². The zero-order valence-corrected chi connectivity index (χ0v) is 10.7. The Morgan fingerprint density at radius 1 is 1.53 bits per heavy atom. The number of nitrogens with two attached hydrogens (primary N) is 1. The van der Waals surface area contributed by atoms with Crippen LogP contribution in [0.3, 0.4) is 0 Å². The summed E-state index contributed by atoms with van der Waals surface area (Å²) in [6, 6.07) is 0.203. The first-order valence-corrected chi connectivity index (χ1v) is 7.09. The zero-order chi connectivity index (χ0) is 12.1. The minimum atomic E-state index is 0.0975. The third kappa shape index (κ3) is 3.78. The van der Waals surface area contributed by atoms with Crippen LogP contribution in [-0.4, -0.2) is 16.9 Å². The van der Waals surface area contributed by atoms with E-state index in [4.69, 9.17) is 5.73 Å². The minimum absolute atomic E-state index is 0.0975. The first-order chi connectivity index (χ1) is 8.25. The maximum absolute atomic E-state index is 11.8. The summed E-state index contributed by atoms with van der Waals surface area (Å²) >= 11 is 1.54. The Balaban J connectivity index is 1.73. The average molecular weight is 253 g/mol. The molecule has 0 spiro atoms. The second kappa shape index (κ2) is 6.12. The van der Waals surface area contributed by atoms with Crippen molar-refractivity contribution in [3.63, 3.8) is 0 Å². The van der Waals surface area contributed by atoms with Crippen LogP contribution < -0.4 is 11.1 Å². The van der Waals surface area contributed by atoms with Gasteiger partial charge in [0.2, 0.25) is 5.91 Å². The first kappa shape index (κ1) is 12.5. The molecule has 3 N–H and O–H groups in total. The molecule has 1 saturated carbocycles. The Morgan fingerprint density at radius 3 is 3.06 bits per heavy atom. The molecule has 0 aliphatic heterocycles. The van der Waals surface area contributed by atoms with Gasteiger partial charge in [-0.3, -0.25) is 4.79 Å². The van der Waals surface area contributed by atoms with E-state index in [0.29, 0.717) is 18.9 Å². The Labute approximate surface area is 106 Å². The number of carbonyl (C=O) groups is 1. The number of nitrogens with one attached hydrogen (secondary N) is 1. The number of carbonyl (C=O) groups excluding carboxylic acids is 1. The lowest BCUT2D eigenvalue weighted by Crippen LogP contribution is -2.37. The van der Waals surface area contributed by atoms with E-state index in [9.17, 15) is 4.79 Å². The Kier molecular flexibility index (Phi) is 4.50. The van der Waals surface area contributed by atoms with Gasteiger partial charge in [-0.2, -0.15) is 0 Å². The summed E-state index contributed by atoms with van der Waals surface area (Å²) in [6.45, 7) is 0.532. The topological polar surface area (TPSA) is 68.0 Å². The van der Waals surface area contributed by atoms with Gasteiger partial charge in [-0.05, 0) is 18.8 Å². The fraction of sp³-hybridized carbons (Fsp3) is 0.667. The SMILES string of the molecule is NC1CCCCC1CC(=O)NCc1cscn1. The van der Waals surface area contributed by atoms with Gasteiger partial charge in [-0.15, -0.1) is 11.3 Å². The highest BCUT2D eigenvalue weighted by Gasteiger charge is 2.23. The van der Waals surface area contributed by atoms with Crippen LogP contribution in [0.1, 0.15) is 37.8 Å². The van der Waals surface area contributed by atoms with Crippen LogP contribution in [0.2, 0.25) is 0 Å². The molecule has 4 nitrogen and oxygen atoms in total. The monoisotopic (exact) mass is 253 g/mol. The number of hydrogen-bond donors (Lipinski definition) is 2. The van der Waals surface area contributed by atoms with Crippen molar-refractivity contribution in [3.8, 4) is 0 Å². The summed E-state index contributed by atoms with van der Waals surface area (Å²) in [5.41, 5.74) is 8.73. The third-order valence-electron chi connectivity index (χ3n) is 3.37. The molecule has 0 aromatic carbocycles. The van der Waals surface area contributed by atoms with Gasteiger partial charge in [-0.25, -0.2) is 4.98 Å². The predicted octanol–water partition coefficient (Wildman–Crippen LogP) is 1.67. The second-order valence-corrected chi connectivity index (χ2v) is 5.39. The molecule has 0 bridgehead atoms. The molecule has 94 valence electrons. The minimum Gasteiger partial charge on any atom is -0.350 e. The number of nitrogens with zero attached hydrogens (tertiary/aromatic N) is 1. The van der Waals surface area contributed by atoms with Crippen molar-refractivity contribution in [1.82, 2.24) is 10.3 Å². The first-order valence-electron chi connectivity index (χ1n) is 6.15. The molecule has 1 amide bonds. The summed E-state index contributed by atoms with van der Waals surface area (Å²) in [6.07, 6.45) is 5.12. The van der Waals surface area contributed by atoms with E-state index in [2.05, 4.69) is 10.3 Å². The summed E-state index contributed by atoms with van der Waals surface area (Å²) in [5.74, 6) is 0.458. The molecule has 5 heteroatoms. The maximum atomic E-state index is 11.8. The van der Waals surface area contributed by atoms with Gasteiger partial charge >= 0.3 is 0 Å². The summed E-state index contributed by atoms with van der Waals surface area (Å²) < 4.78 is 0. The number of rotatable bonds is 4. The van der Waals surface area contributed by atoms with Crippen molar-refractivity contribution in [2.75, 3.05) is 0 Å². The summed E-state index contributed by atoms with van der Waals surface area (Å²) in [4.78, 5) is 15.9. The van der Waals surface area contributed by atoms with E-state index in [-0.39, 0.29) is 11.9 Å². The van der Waals surface area contributed by atoms with Crippen molar-refractivity contribution in [1.29, 1.82) is 0 Å². The van der Waals surface area contributed by atoms with Gasteiger partial charge < -0.3 is 11.1 Å². The summed E-state index contributed by atoms with van der Waals surface area (Å²) in [5, 5.41) is 4.85. The van der Waals surface area contributed by atoms with E-state index in [1.165, 1.54) is 12.8 Å². The lowest BCUT2D eigenvalue weighted by Gasteiger charge is -2.27. The normalized spacial score (nSPS) is 24.5. The van der Waals surface area contributed by atoms with E-state index < -0.39 is 0 Å². The van der Waals surface area contributed by atoms with Crippen molar-refractivity contribution < 1.29 is 4.79 Å². The highest BCUT2D eigenvalue weighted by atomic mass is 32.1. The molecule has 0 radical (unpaired) electrons. The second-order valence-electron chi connectivity index (χ2n) is 4.67. The third-order valence-corrected chi connectivity index (χ3v) is 4.00. The lowest BCUT2D eigenvalue weighted by atomic mass is 9.83. The quantitative estimate of drug-likeness (QED) is 0.857. The lowest BCUT2D eigenvalue weighted by molar-refractivity contribution is -0.122. The molecule has 1 aliphatic rings. The standard InChI is InChI=1S/C12H19N3OS/c13-11-4-2-1-3-9(11)5-12(16)14-6-10-7-17-8-15-10/h7-9,11H,1-6,13H2,(H,14,16). The van der Waals surface area contributed by atoms with E-state index in [1.54, 1.807) is 16.8 Å². The predicted molar refractivity (Wildman–Crippen MR) is 68.5 cm³/mol. The smallest absolute Gasteiger partial charge is 0.220 e. The van der Waals surface area contributed by atoms with Crippen LogP contribution in [0.15, 0.2) is 10.9 Å². The van der Waals surface area contributed by atoms with Gasteiger partial charge in [0.05, 0.1) is 17.7 Å². The zero-order valence-electron chi connectivity index (χ0n) is 9.89. The fourth-order valence-corrected chi connectivity index (χ4v) is 2.87. The van der Waals surface area contributed by atoms with Crippen LogP contribution in [0.5, 0.6) is 0 Å². The van der Waals surface area contributed by atoms with E-state index >= 15 is 0 Å². The number of aromatic nitrogens is 1. The molecule has 1 aromatic heterocycles. The Hall–Kier alpha value is -0.940. The van der Waals surface area contributed by atoms with Crippen molar-refractivity contribution >= 4 is 17.2 Å². The highest BCUT2D eigenvalue weighted by Crippen LogP contribution is 2.25. The van der Waals surface area contributed by atoms with Crippen LogP contribution in [0, 0.1) is 5.92 Å². The largest absolute Gasteiger partial charge is 0.350 e. The van der Waals surface area contributed by atoms with Gasteiger partial charge in [-0.1, -0.05) is 12.8 Å². The fourth-order valence-electron chi connectivity index (χ4n) is 2.31. The highest BCUT2D eigenvalue weighted by molar-refractivity contribution is 7.07. The van der Waals surface area contributed by atoms with Crippen LogP contribution in [0.25, 0.3) is 0 Å². The molecule has 2 atom stereocenters. The van der Waals surface area contributed by atoms with Crippen LogP contribution in [0.4, 0.5) is 0 Å². The van der Waals surface area contributed by atoms with Gasteiger partial charge in [0.25, 0.3) is 0 Å². The Morgan fingerprint density at radius 2 is 2.35 bits per heavy atom. The number of amides is 1. The van der Waals surface area contributed by atoms with E-state index in [0.717, 1.165) is 18.5 Å². The summed E-state index contributed by atoms with van der Waals surface area (Å²) in [7, 11) is 0. The molecular weight excluding hydrogens is 234 g/mol. The molecule has 1 heterocycles. The van der Waals surface area contributed by atoms with Gasteiger partial charge in [0, 0.05) is 17.8 Å². The molecule has 17 heavy (non-hydrogen) atoms. The van der Waals surface area contributed by atoms with Crippen LogP contribution >= 0.6 is 11.3 Å². The number of thiazole rings is 1. The molecule has 2 unspecified atom stereocenters. The van der Waals surface area contributed by atoms with Crippen LogP contribution in [-0.2, 0) is 11.3 Å². The maximum Gasteiger partial charge on any atom is 0.220 e. The molecular formula is C12H19N3OS. The molecule has 1 aromatic rings. The van der Waals surface area contributed by atoms with Gasteiger partial charge in [0.1, 0.15) is 0 Å². The Bertz CT molecular complexity index is 353. The molecule has 2 rings (SSSR count).